The normalized spacial score (nSPS) is 13.8. The maximum Gasteiger partial charge on any atom is 0.249 e. The lowest BCUT2D eigenvalue weighted by Crippen LogP contribution is -2.38. The summed E-state index contributed by atoms with van der Waals surface area (Å²) >= 11 is 0. The molecule has 2 atom stereocenters. The number of amides is 1. The van der Waals surface area contributed by atoms with E-state index >= 15 is 0 Å². The second-order valence-corrected chi connectivity index (χ2v) is 4.65. The molecule has 0 aliphatic heterocycles. The minimum Gasteiger partial charge on any atom is -0.383 e. The molecular weight excluding hydrogens is 228 g/mol. The van der Waals surface area contributed by atoms with Crippen LogP contribution in [0, 0.1) is 17.2 Å². The lowest BCUT2D eigenvalue weighted by Gasteiger charge is -2.19. The van der Waals surface area contributed by atoms with Gasteiger partial charge in [0.2, 0.25) is 5.91 Å². The number of carbonyl (C=O) groups is 1. The second kappa shape index (κ2) is 6.18. The maximum atomic E-state index is 11.7. The highest BCUT2D eigenvalue weighted by Crippen LogP contribution is 2.14. The van der Waals surface area contributed by atoms with E-state index in [1.807, 2.05) is 13.0 Å². The van der Waals surface area contributed by atoms with Crippen LogP contribution >= 0.6 is 0 Å². The molecule has 0 radical (unpaired) electrons. The van der Waals surface area contributed by atoms with Crippen molar-refractivity contribution in [2.75, 3.05) is 0 Å². The van der Waals surface area contributed by atoms with Crippen molar-refractivity contribution < 1.29 is 9.90 Å². The number of rotatable bonds is 4. The first-order chi connectivity index (χ1) is 8.45. The second-order valence-electron chi connectivity index (χ2n) is 4.65. The highest BCUT2D eigenvalue weighted by molar-refractivity contribution is 5.81. The van der Waals surface area contributed by atoms with Crippen molar-refractivity contribution in [3.8, 4) is 6.07 Å². The number of carbonyl (C=O) groups excluding carboxylic acids is 1. The minimum atomic E-state index is -0.995. The fourth-order valence-corrected chi connectivity index (χ4v) is 1.53. The van der Waals surface area contributed by atoms with Crippen molar-refractivity contribution in [3.05, 3.63) is 35.4 Å². The van der Waals surface area contributed by atoms with Gasteiger partial charge < -0.3 is 10.4 Å². The van der Waals surface area contributed by atoms with Crippen LogP contribution in [0.15, 0.2) is 24.3 Å². The first-order valence-electron chi connectivity index (χ1n) is 5.94. The third kappa shape index (κ3) is 3.57. The zero-order valence-electron chi connectivity index (χ0n) is 10.8. The predicted octanol–water partition coefficient (Wildman–Crippen LogP) is 1.75. The van der Waals surface area contributed by atoms with Gasteiger partial charge in [0.25, 0.3) is 0 Å². The van der Waals surface area contributed by atoms with E-state index in [0.29, 0.717) is 5.56 Å². The molecule has 0 aromatic heterocycles. The standard InChI is InChI=1S/C14H18N2O2/c1-9(2)13(17)14(18)16-10(3)12-6-4-11(8-15)5-7-12/h4-7,9-10,13,17H,1-3H3,(H,16,18)/t10-,13+/m0/s1. The van der Waals surface area contributed by atoms with Crippen molar-refractivity contribution in [3.63, 3.8) is 0 Å². The monoisotopic (exact) mass is 246 g/mol. The average molecular weight is 246 g/mol. The van der Waals surface area contributed by atoms with Crippen molar-refractivity contribution in [1.29, 1.82) is 5.26 Å². The summed E-state index contributed by atoms with van der Waals surface area (Å²) in [5, 5.41) is 21.1. The Labute approximate surface area is 107 Å². The summed E-state index contributed by atoms with van der Waals surface area (Å²) in [6.07, 6.45) is -0.995. The van der Waals surface area contributed by atoms with Gasteiger partial charge in [-0.3, -0.25) is 4.79 Å². The van der Waals surface area contributed by atoms with Crippen LogP contribution in [-0.2, 0) is 4.79 Å². The van der Waals surface area contributed by atoms with Crippen LogP contribution in [0.1, 0.15) is 37.9 Å². The van der Waals surface area contributed by atoms with Gasteiger partial charge in [0.05, 0.1) is 17.7 Å². The van der Waals surface area contributed by atoms with Gasteiger partial charge in [0, 0.05) is 0 Å². The topological polar surface area (TPSA) is 73.1 Å². The van der Waals surface area contributed by atoms with Gasteiger partial charge in [-0.25, -0.2) is 0 Å². The number of nitriles is 1. The Hall–Kier alpha value is -1.86. The van der Waals surface area contributed by atoms with Crippen LogP contribution < -0.4 is 5.32 Å². The van der Waals surface area contributed by atoms with E-state index in [1.54, 1.807) is 38.1 Å². The van der Waals surface area contributed by atoms with Gasteiger partial charge in [0.1, 0.15) is 6.10 Å². The van der Waals surface area contributed by atoms with Gasteiger partial charge in [-0.1, -0.05) is 26.0 Å². The summed E-state index contributed by atoms with van der Waals surface area (Å²) in [6.45, 7) is 5.42. The molecule has 1 rings (SSSR count). The summed E-state index contributed by atoms with van der Waals surface area (Å²) in [6, 6.07) is 8.85. The first-order valence-corrected chi connectivity index (χ1v) is 5.94. The Morgan fingerprint density at radius 1 is 1.28 bits per heavy atom. The summed E-state index contributed by atoms with van der Waals surface area (Å²) < 4.78 is 0. The molecule has 0 saturated heterocycles. The molecule has 4 heteroatoms. The highest BCUT2D eigenvalue weighted by atomic mass is 16.3. The van der Waals surface area contributed by atoms with E-state index in [1.165, 1.54) is 0 Å². The quantitative estimate of drug-likeness (QED) is 0.850. The zero-order chi connectivity index (χ0) is 13.7. The molecule has 0 aliphatic rings. The number of aliphatic hydroxyl groups excluding tert-OH is 1. The van der Waals surface area contributed by atoms with Crippen molar-refractivity contribution in [2.24, 2.45) is 5.92 Å². The van der Waals surface area contributed by atoms with E-state index in [-0.39, 0.29) is 17.9 Å². The van der Waals surface area contributed by atoms with Gasteiger partial charge in [-0.2, -0.15) is 5.26 Å². The van der Waals surface area contributed by atoms with E-state index in [4.69, 9.17) is 5.26 Å². The lowest BCUT2D eigenvalue weighted by molar-refractivity contribution is -0.132. The molecule has 2 N–H and O–H groups in total. The molecule has 0 aliphatic carbocycles. The molecule has 0 saturated carbocycles. The third-order valence-corrected chi connectivity index (χ3v) is 2.80. The summed E-state index contributed by atoms with van der Waals surface area (Å²) in [5.41, 5.74) is 1.48. The van der Waals surface area contributed by atoms with Gasteiger partial charge in [-0.15, -0.1) is 0 Å². The van der Waals surface area contributed by atoms with E-state index in [0.717, 1.165) is 5.56 Å². The molecule has 18 heavy (non-hydrogen) atoms. The van der Waals surface area contributed by atoms with Crippen LogP contribution in [0.2, 0.25) is 0 Å². The number of hydrogen-bond donors (Lipinski definition) is 2. The Balaban J connectivity index is 2.67. The van der Waals surface area contributed by atoms with Gasteiger partial charge in [-0.05, 0) is 30.5 Å². The summed E-state index contributed by atoms with van der Waals surface area (Å²) in [7, 11) is 0. The van der Waals surface area contributed by atoms with Crippen LogP contribution in [0.4, 0.5) is 0 Å². The Bertz CT molecular complexity index is 446. The molecule has 1 amide bonds. The fourth-order valence-electron chi connectivity index (χ4n) is 1.53. The molecule has 0 spiro atoms. The molecule has 1 aromatic carbocycles. The smallest absolute Gasteiger partial charge is 0.249 e. The Kier molecular flexibility index (Phi) is 4.87. The maximum absolute atomic E-state index is 11.7. The van der Waals surface area contributed by atoms with Gasteiger partial charge >= 0.3 is 0 Å². The average Bonchev–Trinajstić information content (AvgIpc) is 2.37. The number of aliphatic hydroxyl groups is 1. The Morgan fingerprint density at radius 3 is 2.28 bits per heavy atom. The predicted molar refractivity (Wildman–Crippen MR) is 68.6 cm³/mol. The largest absolute Gasteiger partial charge is 0.383 e. The zero-order valence-corrected chi connectivity index (χ0v) is 10.8. The third-order valence-electron chi connectivity index (χ3n) is 2.80. The number of nitrogens with one attached hydrogen (secondary N) is 1. The fraction of sp³-hybridized carbons (Fsp3) is 0.429. The molecule has 1 aromatic rings. The number of nitrogens with zero attached hydrogens (tertiary/aromatic N) is 1. The number of benzene rings is 1. The van der Waals surface area contributed by atoms with E-state index in [9.17, 15) is 9.90 Å². The van der Waals surface area contributed by atoms with E-state index < -0.39 is 6.10 Å². The SMILES string of the molecule is CC(C)[C@@H](O)C(=O)N[C@@H](C)c1ccc(C#N)cc1. The van der Waals surface area contributed by atoms with Crippen molar-refractivity contribution >= 4 is 5.91 Å². The highest BCUT2D eigenvalue weighted by Gasteiger charge is 2.20. The molecular formula is C14H18N2O2. The van der Waals surface area contributed by atoms with Crippen LogP contribution in [0.5, 0.6) is 0 Å². The number of hydrogen-bond acceptors (Lipinski definition) is 3. The molecule has 0 unspecified atom stereocenters. The first kappa shape index (κ1) is 14.2. The van der Waals surface area contributed by atoms with Crippen LogP contribution in [0.25, 0.3) is 0 Å². The molecule has 0 bridgehead atoms. The molecule has 96 valence electrons. The summed E-state index contributed by atoms with van der Waals surface area (Å²) in [4.78, 5) is 11.7. The van der Waals surface area contributed by atoms with Gasteiger partial charge in [0.15, 0.2) is 0 Å². The van der Waals surface area contributed by atoms with Crippen molar-refractivity contribution in [2.45, 2.75) is 32.9 Å². The minimum absolute atomic E-state index is 0.113. The molecule has 4 nitrogen and oxygen atoms in total. The van der Waals surface area contributed by atoms with Crippen LogP contribution in [-0.4, -0.2) is 17.1 Å². The van der Waals surface area contributed by atoms with Crippen LogP contribution in [0.3, 0.4) is 0 Å². The Morgan fingerprint density at radius 2 is 1.83 bits per heavy atom. The molecule has 0 heterocycles. The van der Waals surface area contributed by atoms with Crippen molar-refractivity contribution in [1.82, 2.24) is 5.32 Å². The molecule has 0 fully saturated rings. The van der Waals surface area contributed by atoms with E-state index in [2.05, 4.69) is 5.32 Å². The lowest BCUT2D eigenvalue weighted by atomic mass is 10.0. The summed E-state index contributed by atoms with van der Waals surface area (Å²) in [5.74, 6) is -0.486.